The highest BCUT2D eigenvalue weighted by Gasteiger charge is 2.17. The van der Waals surface area contributed by atoms with Gasteiger partial charge in [-0.25, -0.2) is 0 Å². The Morgan fingerprint density at radius 1 is 1.59 bits per heavy atom. The normalized spacial score (nSPS) is 13.9. The van der Waals surface area contributed by atoms with E-state index in [0.29, 0.717) is 5.75 Å². The number of hydrogen-bond acceptors (Lipinski definition) is 4. The van der Waals surface area contributed by atoms with Crippen LogP contribution in [0.25, 0.3) is 0 Å². The van der Waals surface area contributed by atoms with Crippen molar-refractivity contribution in [2.75, 3.05) is 28.8 Å². The minimum absolute atomic E-state index is 0.0113. The number of anilines is 2. The fourth-order valence-corrected chi connectivity index (χ4v) is 2.53. The molecule has 0 bridgehead atoms. The van der Waals surface area contributed by atoms with Crippen molar-refractivity contribution in [3.63, 3.8) is 0 Å². The van der Waals surface area contributed by atoms with Gasteiger partial charge in [-0.2, -0.15) is 12.6 Å². The van der Waals surface area contributed by atoms with Gasteiger partial charge in [-0.1, -0.05) is 0 Å². The Bertz CT molecular complexity index is 477. The number of hydrogen-bond donors (Lipinski definition) is 2. The molecule has 2 amide bonds. The van der Waals surface area contributed by atoms with Crippen LogP contribution in [-0.4, -0.2) is 30.4 Å². The van der Waals surface area contributed by atoms with Gasteiger partial charge >= 0.3 is 0 Å². The number of fused-ring (bicyclic) bond motifs is 1. The Kier molecular flexibility index (Phi) is 3.63. The number of thioether (sulfide) groups is 1. The maximum atomic E-state index is 11.5. The standard InChI is InChI=1S/C11H12N2O2S2/c1-13(11(15)5-16)7-2-3-9-8(4-7)12-10(14)6-17-9/h2-4,16H,5-6H2,1H3,(H,12,14). The van der Waals surface area contributed by atoms with Crippen LogP contribution >= 0.6 is 24.4 Å². The number of thiol groups is 1. The molecule has 1 heterocycles. The summed E-state index contributed by atoms with van der Waals surface area (Å²) >= 11 is 5.45. The number of rotatable bonds is 2. The summed E-state index contributed by atoms with van der Waals surface area (Å²) < 4.78 is 0. The molecule has 0 spiro atoms. The van der Waals surface area contributed by atoms with Crippen molar-refractivity contribution in [3.05, 3.63) is 18.2 Å². The summed E-state index contributed by atoms with van der Waals surface area (Å²) in [7, 11) is 1.69. The molecule has 0 aromatic heterocycles. The van der Waals surface area contributed by atoms with Crippen LogP contribution in [0.15, 0.2) is 23.1 Å². The van der Waals surface area contributed by atoms with Gasteiger partial charge < -0.3 is 10.2 Å². The maximum Gasteiger partial charge on any atom is 0.236 e. The maximum absolute atomic E-state index is 11.5. The van der Waals surface area contributed by atoms with E-state index in [0.717, 1.165) is 16.3 Å². The van der Waals surface area contributed by atoms with Gasteiger partial charge in [0.2, 0.25) is 11.8 Å². The van der Waals surface area contributed by atoms with Crippen LogP contribution in [0.4, 0.5) is 11.4 Å². The zero-order chi connectivity index (χ0) is 12.4. The lowest BCUT2D eigenvalue weighted by atomic mass is 10.2. The Hall–Kier alpha value is -1.14. The third kappa shape index (κ3) is 2.58. The fourth-order valence-electron chi connectivity index (χ4n) is 1.53. The highest BCUT2D eigenvalue weighted by molar-refractivity contribution is 8.00. The molecule has 0 radical (unpaired) electrons. The predicted molar refractivity (Wildman–Crippen MR) is 73.1 cm³/mol. The van der Waals surface area contributed by atoms with Crippen LogP contribution in [0.5, 0.6) is 0 Å². The second-order valence-corrected chi connectivity index (χ2v) is 4.96. The van der Waals surface area contributed by atoms with E-state index >= 15 is 0 Å². The van der Waals surface area contributed by atoms with E-state index in [-0.39, 0.29) is 17.6 Å². The Balaban J connectivity index is 2.29. The summed E-state index contributed by atoms with van der Waals surface area (Å²) in [5.74, 6) is 0.512. The smallest absolute Gasteiger partial charge is 0.236 e. The van der Waals surface area contributed by atoms with Crippen LogP contribution in [0.3, 0.4) is 0 Å². The second-order valence-electron chi connectivity index (χ2n) is 3.63. The number of nitrogens with one attached hydrogen (secondary N) is 1. The topological polar surface area (TPSA) is 49.4 Å². The van der Waals surface area contributed by atoms with E-state index < -0.39 is 0 Å². The zero-order valence-electron chi connectivity index (χ0n) is 9.27. The zero-order valence-corrected chi connectivity index (χ0v) is 11.0. The first kappa shape index (κ1) is 12.3. The molecule has 1 aromatic rings. The molecule has 0 saturated carbocycles. The Morgan fingerprint density at radius 3 is 3.06 bits per heavy atom. The summed E-state index contributed by atoms with van der Waals surface area (Å²) in [6, 6.07) is 5.59. The minimum Gasteiger partial charge on any atom is -0.324 e. The molecular weight excluding hydrogens is 256 g/mol. The quantitative estimate of drug-likeness (QED) is 0.801. The molecule has 1 aliphatic rings. The molecule has 17 heavy (non-hydrogen) atoms. The van der Waals surface area contributed by atoms with Crippen LogP contribution in [0.1, 0.15) is 0 Å². The number of carbonyl (C=O) groups is 2. The third-order valence-electron chi connectivity index (χ3n) is 2.49. The van der Waals surface area contributed by atoms with Gasteiger partial charge in [0, 0.05) is 17.6 Å². The van der Waals surface area contributed by atoms with E-state index in [4.69, 9.17) is 0 Å². The SMILES string of the molecule is CN(C(=O)CS)c1ccc2c(c1)NC(=O)CS2. The third-order valence-corrected chi connectivity index (χ3v) is 3.84. The monoisotopic (exact) mass is 268 g/mol. The first-order chi connectivity index (χ1) is 8.11. The van der Waals surface area contributed by atoms with Crippen LogP contribution < -0.4 is 10.2 Å². The molecule has 1 N–H and O–H groups in total. The molecule has 6 heteroatoms. The van der Waals surface area contributed by atoms with E-state index in [2.05, 4.69) is 17.9 Å². The van der Waals surface area contributed by atoms with E-state index in [9.17, 15) is 9.59 Å². The first-order valence-corrected chi connectivity index (χ1v) is 6.67. The van der Waals surface area contributed by atoms with Gasteiger partial charge in [-0.15, -0.1) is 11.8 Å². The van der Waals surface area contributed by atoms with Crippen molar-refractivity contribution in [2.24, 2.45) is 0 Å². The van der Waals surface area contributed by atoms with E-state index in [1.54, 1.807) is 13.1 Å². The molecular formula is C11H12N2O2S2. The molecule has 0 unspecified atom stereocenters. The summed E-state index contributed by atoms with van der Waals surface area (Å²) in [6.07, 6.45) is 0. The number of nitrogens with zero attached hydrogens (tertiary/aromatic N) is 1. The van der Waals surface area contributed by atoms with Crippen molar-refractivity contribution >= 4 is 47.6 Å². The van der Waals surface area contributed by atoms with E-state index in [1.165, 1.54) is 16.7 Å². The first-order valence-electron chi connectivity index (χ1n) is 5.06. The highest BCUT2D eigenvalue weighted by atomic mass is 32.2. The van der Waals surface area contributed by atoms with Crippen LogP contribution in [0, 0.1) is 0 Å². The minimum atomic E-state index is -0.0805. The molecule has 0 aliphatic carbocycles. The summed E-state index contributed by atoms with van der Waals surface area (Å²) in [4.78, 5) is 25.3. The molecule has 1 aromatic carbocycles. The summed E-state index contributed by atoms with van der Waals surface area (Å²) in [5, 5.41) is 2.80. The van der Waals surface area contributed by atoms with Gasteiger partial charge in [0.1, 0.15) is 0 Å². The van der Waals surface area contributed by atoms with E-state index in [1.807, 2.05) is 12.1 Å². The molecule has 0 saturated heterocycles. The van der Waals surface area contributed by atoms with Crippen LogP contribution in [-0.2, 0) is 9.59 Å². The molecule has 2 rings (SSSR count). The van der Waals surface area contributed by atoms with Crippen LogP contribution in [0.2, 0.25) is 0 Å². The number of carbonyl (C=O) groups excluding carboxylic acids is 2. The predicted octanol–water partition coefficient (Wildman–Crippen LogP) is 1.62. The van der Waals surface area contributed by atoms with Crippen molar-refractivity contribution in [1.29, 1.82) is 0 Å². The van der Waals surface area contributed by atoms with Gasteiger partial charge in [-0.05, 0) is 18.2 Å². The number of amides is 2. The largest absolute Gasteiger partial charge is 0.324 e. The highest BCUT2D eigenvalue weighted by Crippen LogP contribution is 2.34. The molecule has 0 atom stereocenters. The van der Waals surface area contributed by atoms with Crippen molar-refractivity contribution < 1.29 is 9.59 Å². The lowest BCUT2D eigenvalue weighted by Gasteiger charge is -2.21. The van der Waals surface area contributed by atoms with Gasteiger partial charge in [0.15, 0.2) is 0 Å². The molecule has 1 aliphatic heterocycles. The van der Waals surface area contributed by atoms with Crippen molar-refractivity contribution in [2.45, 2.75) is 4.90 Å². The van der Waals surface area contributed by atoms with Crippen molar-refractivity contribution in [1.82, 2.24) is 0 Å². The summed E-state index contributed by atoms with van der Waals surface area (Å²) in [5.41, 5.74) is 1.52. The molecule has 4 nitrogen and oxygen atoms in total. The molecule has 90 valence electrons. The van der Waals surface area contributed by atoms with Gasteiger partial charge in [-0.3, -0.25) is 9.59 Å². The lowest BCUT2D eigenvalue weighted by molar-refractivity contribution is -0.116. The second kappa shape index (κ2) is 5.01. The Morgan fingerprint density at radius 2 is 2.35 bits per heavy atom. The molecule has 0 fully saturated rings. The lowest BCUT2D eigenvalue weighted by Crippen LogP contribution is -2.27. The Labute approximate surface area is 109 Å². The van der Waals surface area contributed by atoms with Crippen molar-refractivity contribution in [3.8, 4) is 0 Å². The number of benzene rings is 1. The van der Waals surface area contributed by atoms with Gasteiger partial charge in [0.05, 0.1) is 17.2 Å². The average molecular weight is 268 g/mol. The van der Waals surface area contributed by atoms with Gasteiger partial charge in [0.25, 0.3) is 0 Å². The average Bonchev–Trinajstić information content (AvgIpc) is 2.36. The summed E-state index contributed by atoms with van der Waals surface area (Å²) in [6.45, 7) is 0. The fraction of sp³-hybridized carbons (Fsp3) is 0.273.